The van der Waals surface area contributed by atoms with Crippen LogP contribution in [0.1, 0.15) is 38.2 Å². The Balaban J connectivity index is 1.53. The van der Waals surface area contributed by atoms with E-state index in [4.69, 9.17) is 9.47 Å². The molecule has 2 amide bonds. The highest BCUT2D eigenvalue weighted by Crippen LogP contribution is 2.26. The monoisotopic (exact) mass is 454 g/mol. The summed E-state index contributed by atoms with van der Waals surface area (Å²) >= 11 is 0. The first-order chi connectivity index (χ1) is 16.0. The van der Waals surface area contributed by atoms with Gasteiger partial charge in [0.1, 0.15) is 12.4 Å². The van der Waals surface area contributed by atoms with Crippen LogP contribution < -0.4 is 10.1 Å². The number of nitrogens with zero attached hydrogens (tertiary/aromatic N) is 1. The summed E-state index contributed by atoms with van der Waals surface area (Å²) in [6.07, 6.45) is 4.24. The summed E-state index contributed by atoms with van der Waals surface area (Å²) in [5.41, 5.74) is 1.65. The molecule has 0 aliphatic heterocycles. The number of benzene rings is 2. The van der Waals surface area contributed by atoms with Crippen LogP contribution in [0.2, 0.25) is 0 Å². The summed E-state index contributed by atoms with van der Waals surface area (Å²) in [6, 6.07) is 16.7. The Bertz CT molecular complexity index is 866. The predicted molar refractivity (Wildman–Crippen MR) is 128 cm³/mol. The average Bonchev–Trinajstić information content (AvgIpc) is 3.33. The first-order valence-corrected chi connectivity index (χ1v) is 11.7. The van der Waals surface area contributed by atoms with E-state index in [-0.39, 0.29) is 6.03 Å². The number of hydrogen-bond donors (Lipinski definition) is 2. The number of amides is 2. The molecule has 0 aromatic heterocycles. The van der Waals surface area contributed by atoms with Gasteiger partial charge in [0.05, 0.1) is 6.54 Å². The molecule has 2 aromatic rings. The molecule has 2 N–H and O–H groups in total. The molecule has 0 saturated heterocycles. The quantitative estimate of drug-likeness (QED) is 0.480. The minimum absolute atomic E-state index is 0.109. The van der Waals surface area contributed by atoms with Crippen LogP contribution in [0.15, 0.2) is 54.6 Å². The summed E-state index contributed by atoms with van der Waals surface area (Å²) in [4.78, 5) is 26.0. The second-order valence-electron chi connectivity index (χ2n) is 8.37. The van der Waals surface area contributed by atoms with Gasteiger partial charge in [-0.05, 0) is 55.5 Å². The third kappa shape index (κ3) is 8.09. The van der Waals surface area contributed by atoms with Crippen molar-refractivity contribution in [2.45, 2.75) is 45.1 Å². The summed E-state index contributed by atoms with van der Waals surface area (Å²) in [5.74, 6) is 0.262. The number of ether oxygens (including phenoxy) is 2. The van der Waals surface area contributed by atoms with Crippen molar-refractivity contribution in [2.75, 3.05) is 31.6 Å². The number of rotatable bonds is 12. The van der Waals surface area contributed by atoms with Crippen molar-refractivity contribution in [3.05, 3.63) is 60.2 Å². The molecular weight excluding hydrogens is 420 g/mol. The number of para-hydroxylation sites is 1. The number of anilines is 1. The van der Waals surface area contributed by atoms with E-state index in [2.05, 4.69) is 5.32 Å². The zero-order valence-electron chi connectivity index (χ0n) is 19.2. The molecule has 1 unspecified atom stereocenters. The van der Waals surface area contributed by atoms with Crippen molar-refractivity contribution in [1.29, 1.82) is 0 Å². The Hall–Kier alpha value is -3.06. The van der Waals surface area contributed by atoms with Gasteiger partial charge in [-0.1, -0.05) is 43.2 Å². The van der Waals surface area contributed by atoms with E-state index in [1.54, 1.807) is 6.92 Å². The standard InChI is InChI=1S/C26H34N2O5/c1-2-32-24(25(29)30)18-20-12-14-23(15-13-20)33-17-16-28(19-21-8-6-7-9-21)26(31)27-22-10-4-3-5-11-22/h3-5,10-15,21,24H,2,6-9,16-19H2,1H3,(H,27,31)(H,29,30). The van der Waals surface area contributed by atoms with Crippen LogP contribution in [0.25, 0.3) is 0 Å². The third-order valence-electron chi connectivity index (χ3n) is 5.88. The zero-order chi connectivity index (χ0) is 23.5. The van der Waals surface area contributed by atoms with Crippen LogP contribution in [-0.4, -0.2) is 54.4 Å². The number of nitrogens with one attached hydrogen (secondary N) is 1. The van der Waals surface area contributed by atoms with E-state index >= 15 is 0 Å². The number of urea groups is 1. The van der Waals surface area contributed by atoms with Crippen LogP contribution in [0, 0.1) is 5.92 Å². The topological polar surface area (TPSA) is 88.1 Å². The van der Waals surface area contributed by atoms with Gasteiger partial charge in [-0.3, -0.25) is 0 Å². The SMILES string of the molecule is CCOC(Cc1ccc(OCCN(CC2CCCC2)C(=O)Nc2ccccc2)cc1)C(=O)O. The van der Waals surface area contributed by atoms with E-state index in [0.717, 1.165) is 30.6 Å². The Morgan fingerprint density at radius 1 is 1.09 bits per heavy atom. The van der Waals surface area contributed by atoms with E-state index in [1.165, 1.54) is 12.8 Å². The van der Waals surface area contributed by atoms with Gasteiger partial charge in [0.2, 0.25) is 0 Å². The lowest BCUT2D eigenvalue weighted by Gasteiger charge is -2.26. The smallest absolute Gasteiger partial charge is 0.333 e. The largest absolute Gasteiger partial charge is 0.492 e. The highest BCUT2D eigenvalue weighted by Gasteiger charge is 2.22. The highest BCUT2D eigenvalue weighted by atomic mass is 16.5. The summed E-state index contributed by atoms with van der Waals surface area (Å²) in [5, 5.41) is 12.2. The average molecular weight is 455 g/mol. The number of carboxylic acid groups (broad SMARTS) is 1. The number of hydrogen-bond acceptors (Lipinski definition) is 4. The molecule has 7 heteroatoms. The minimum atomic E-state index is -0.965. The summed E-state index contributed by atoms with van der Waals surface area (Å²) in [6.45, 7) is 3.73. The lowest BCUT2D eigenvalue weighted by Crippen LogP contribution is -2.40. The van der Waals surface area contributed by atoms with Gasteiger partial charge in [-0.2, -0.15) is 0 Å². The molecule has 1 saturated carbocycles. The maximum absolute atomic E-state index is 12.9. The molecular formula is C26H34N2O5. The second-order valence-corrected chi connectivity index (χ2v) is 8.37. The number of carbonyl (C=O) groups excluding carboxylic acids is 1. The van der Waals surface area contributed by atoms with E-state index in [9.17, 15) is 14.7 Å². The fourth-order valence-electron chi connectivity index (χ4n) is 4.13. The van der Waals surface area contributed by atoms with E-state index in [0.29, 0.717) is 37.8 Å². The van der Waals surface area contributed by atoms with Crippen LogP contribution in [0.3, 0.4) is 0 Å². The second kappa shape index (κ2) is 12.8. The minimum Gasteiger partial charge on any atom is -0.492 e. The van der Waals surface area contributed by atoms with Gasteiger partial charge >= 0.3 is 12.0 Å². The number of carbonyl (C=O) groups is 2. The molecule has 0 radical (unpaired) electrons. The van der Waals surface area contributed by atoms with E-state index < -0.39 is 12.1 Å². The maximum Gasteiger partial charge on any atom is 0.333 e. The summed E-state index contributed by atoms with van der Waals surface area (Å²) < 4.78 is 11.2. The van der Waals surface area contributed by atoms with Gasteiger partial charge in [0, 0.05) is 25.3 Å². The molecule has 1 fully saturated rings. The molecule has 0 spiro atoms. The van der Waals surface area contributed by atoms with Crippen LogP contribution in [-0.2, 0) is 16.0 Å². The van der Waals surface area contributed by atoms with Gasteiger partial charge in [-0.25, -0.2) is 9.59 Å². The lowest BCUT2D eigenvalue weighted by molar-refractivity contribution is -0.149. The number of aliphatic carboxylic acids is 1. The molecule has 3 rings (SSSR count). The van der Waals surface area contributed by atoms with Crippen molar-refractivity contribution < 1.29 is 24.2 Å². The Morgan fingerprint density at radius 3 is 2.42 bits per heavy atom. The fraction of sp³-hybridized carbons (Fsp3) is 0.462. The Kier molecular flexibility index (Phi) is 9.57. The van der Waals surface area contributed by atoms with Crippen LogP contribution in [0.5, 0.6) is 5.75 Å². The molecule has 1 atom stereocenters. The Morgan fingerprint density at radius 2 is 1.79 bits per heavy atom. The molecule has 1 aliphatic rings. The van der Waals surface area contributed by atoms with Crippen LogP contribution in [0.4, 0.5) is 10.5 Å². The molecule has 1 aliphatic carbocycles. The van der Waals surface area contributed by atoms with Crippen molar-refractivity contribution in [1.82, 2.24) is 4.90 Å². The zero-order valence-corrected chi connectivity index (χ0v) is 19.2. The maximum atomic E-state index is 12.9. The first-order valence-electron chi connectivity index (χ1n) is 11.7. The van der Waals surface area contributed by atoms with E-state index in [1.807, 2.05) is 59.5 Å². The third-order valence-corrected chi connectivity index (χ3v) is 5.88. The molecule has 0 bridgehead atoms. The highest BCUT2D eigenvalue weighted by molar-refractivity contribution is 5.89. The molecule has 0 heterocycles. The summed E-state index contributed by atoms with van der Waals surface area (Å²) in [7, 11) is 0. The van der Waals surface area contributed by atoms with Gasteiger partial charge in [0.15, 0.2) is 6.10 Å². The van der Waals surface area contributed by atoms with Crippen molar-refractivity contribution >= 4 is 17.7 Å². The first kappa shape index (κ1) is 24.6. The fourth-order valence-corrected chi connectivity index (χ4v) is 4.13. The van der Waals surface area contributed by atoms with Gasteiger partial charge < -0.3 is 24.8 Å². The molecule has 7 nitrogen and oxygen atoms in total. The molecule has 178 valence electrons. The van der Waals surface area contributed by atoms with Gasteiger partial charge in [-0.15, -0.1) is 0 Å². The Labute approximate surface area is 195 Å². The number of carboxylic acids is 1. The van der Waals surface area contributed by atoms with Crippen molar-refractivity contribution in [3.63, 3.8) is 0 Å². The normalized spacial score (nSPS) is 14.6. The van der Waals surface area contributed by atoms with Crippen LogP contribution >= 0.6 is 0 Å². The lowest BCUT2D eigenvalue weighted by atomic mass is 10.1. The van der Waals surface area contributed by atoms with Gasteiger partial charge in [0.25, 0.3) is 0 Å². The predicted octanol–water partition coefficient (Wildman–Crippen LogP) is 4.82. The van der Waals surface area contributed by atoms with Crippen molar-refractivity contribution in [3.8, 4) is 5.75 Å². The molecule has 2 aromatic carbocycles. The molecule has 33 heavy (non-hydrogen) atoms. The van der Waals surface area contributed by atoms with Crippen molar-refractivity contribution in [2.24, 2.45) is 5.92 Å².